The summed E-state index contributed by atoms with van der Waals surface area (Å²) in [5.74, 6) is 0.364. The van der Waals surface area contributed by atoms with Crippen molar-refractivity contribution in [3.8, 4) is 0 Å². The van der Waals surface area contributed by atoms with Crippen molar-refractivity contribution in [1.29, 1.82) is 0 Å². The van der Waals surface area contributed by atoms with Gasteiger partial charge in [0, 0.05) is 33.8 Å². The summed E-state index contributed by atoms with van der Waals surface area (Å²) in [6.45, 7) is 1.03. The molecule has 1 aromatic heterocycles. The highest BCUT2D eigenvalue weighted by Crippen LogP contribution is 2.09. The molecular weight excluding hydrogens is 302 g/mol. The summed E-state index contributed by atoms with van der Waals surface area (Å²) < 4.78 is 28.2. The van der Waals surface area contributed by atoms with E-state index in [1.807, 2.05) is 19.0 Å². The van der Waals surface area contributed by atoms with E-state index in [4.69, 9.17) is 0 Å². The molecule has 0 radical (unpaired) electrons. The van der Waals surface area contributed by atoms with Gasteiger partial charge in [-0.15, -0.1) is 0 Å². The monoisotopic (exact) mass is 322 g/mol. The number of aryl methyl sites for hydroxylation is 1. The van der Waals surface area contributed by atoms with Crippen LogP contribution < -0.4 is 5.32 Å². The second-order valence-corrected chi connectivity index (χ2v) is 5.12. The first kappa shape index (κ1) is 16.9. The topological polar surface area (TPSA) is 58.3 Å². The van der Waals surface area contributed by atoms with Gasteiger partial charge in [0.25, 0.3) is 0 Å². The zero-order chi connectivity index (χ0) is 16.8. The van der Waals surface area contributed by atoms with E-state index < -0.39 is 11.6 Å². The summed E-state index contributed by atoms with van der Waals surface area (Å²) in [6.07, 6.45) is 1.93. The van der Waals surface area contributed by atoms with Crippen LogP contribution in [-0.2, 0) is 20.0 Å². The van der Waals surface area contributed by atoms with Crippen molar-refractivity contribution >= 4 is 5.96 Å². The fourth-order valence-corrected chi connectivity index (χ4v) is 2.17. The average Bonchev–Trinajstić information content (AvgIpc) is 2.90. The van der Waals surface area contributed by atoms with Crippen LogP contribution in [0.5, 0.6) is 0 Å². The molecule has 2 rings (SSSR count). The minimum absolute atomic E-state index is 0.433. The van der Waals surface area contributed by atoms with Crippen molar-refractivity contribution in [2.24, 2.45) is 12.0 Å². The van der Waals surface area contributed by atoms with Crippen LogP contribution in [0.25, 0.3) is 0 Å². The predicted octanol–water partition coefficient (Wildman–Crippen LogP) is 1.34. The van der Waals surface area contributed by atoms with Gasteiger partial charge in [-0.1, -0.05) is 6.07 Å². The third kappa shape index (κ3) is 4.48. The molecule has 0 unspecified atom stereocenters. The normalized spacial score (nSPS) is 11.6. The Hall–Kier alpha value is -2.51. The van der Waals surface area contributed by atoms with E-state index in [1.165, 1.54) is 18.5 Å². The lowest BCUT2D eigenvalue weighted by Crippen LogP contribution is -2.39. The Morgan fingerprint density at radius 1 is 1.39 bits per heavy atom. The van der Waals surface area contributed by atoms with Gasteiger partial charge in [0.15, 0.2) is 5.96 Å². The molecule has 0 aliphatic carbocycles. The van der Waals surface area contributed by atoms with Gasteiger partial charge in [0.1, 0.15) is 23.8 Å². The number of benzene rings is 1. The highest BCUT2D eigenvalue weighted by atomic mass is 19.1. The Morgan fingerprint density at radius 2 is 2.17 bits per heavy atom. The van der Waals surface area contributed by atoms with Gasteiger partial charge in [-0.2, -0.15) is 5.10 Å². The quantitative estimate of drug-likeness (QED) is 0.667. The fourth-order valence-electron chi connectivity index (χ4n) is 2.17. The van der Waals surface area contributed by atoms with Crippen LogP contribution in [0.2, 0.25) is 0 Å². The zero-order valence-electron chi connectivity index (χ0n) is 13.4. The first-order valence-corrected chi connectivity index (χ1v) is 7.20. The first-order chi connectivity index (χ1) is 11.0. The summed E-state index contributed by atoms with van der Waals surface area (Å²) in [7, 11) is 5.38. The molecule has 6 nitrogen and oxygen atoms in total. The SMILES string of the molecule is CN=C(NCCc1ccc(F)cc1F)N(C)Cc1ncnn1C. The second kappa shape index (κ2) is 7.66. The molecule has 0 fully saturated rings. The van der Waals surface area contributed by atoms with Crippen molar-refractivity contribution in [1.82, 2.24) is 25.0 Å². The van der Waals surface area contributed by atoms with Crippen molar-refractivity contribution < 1.29 is 8.78 Å². The Kier molecular flexibility index (Phi) is 5.61. The minimum Gasteiger partial charge on any atom is -0.356 e. The number of aliphatic imine (C=N–C) groups is 1. The van der Waals surface area contributed by atoms with Crippen LogP contribution in [0.15, 0.2) is 29.5 Å². The van der Waals surface area contributed by atoms with Crippen LogP contribution in [0.4, 0.5) is 8.78 Å². The fraction of sp³-hybridized carbons (Fsp3) is 0.400. The summed E-state index contributed by atoms with van der Waals surface area (Å²) >= 11 is 0. The molecule has 8 heteroatoms. The molecule has 0 aliphatic rings. The van der Waals surface area contributed by atoms with Crippen molar-refractivity contribution in [3.05, 3.63) is 47.5 Å². The zero-order valence-corrected chi connectivity index (χ0v) is 13.4. The maximum absolute atomic E-state index is 13.6. The lowest BCUT2D eigenvalue weighted by atomic mass is 10.1. The third-order valence-corrected chi connectivity index (χ3v) is 3.45. The van der Waals surface area contributed by atoms with Gasteiger partial charge in [0.2, 0.25) is 0 Å². The highest BCUT2D eigenvalue weighted by molar-refractivity contribution is 5.79. The molecule has 124 valence electrons. The number of hydrogen-bond donors (Lipinski definition) is 1. The number of halogens is 2. The van der Waals surface area contributed by atoms with Gasteiger partial charge in [-0.25, -0.2) is 13.8 Å². The van der Waals surface area contributed by atoms with Crippen LogP contribution in [-0.4, -0.2) is 46.3 Å². The summed E-state index contributed by atoms with van der Waals surface area (Å²) in [5, 5.41) is 7.17. The maximum atomic E-state index is 13.6. The summed E-state index contributed by atoms with van der Waals surface area (Å²) in [4.78, 5) is 10.2. The number of hydrogen-bond acceptors (Lipinski definition) is 3. The molecule has 0 amide bonds. The largest absolute Gasteiger partial charge is 0.356 e. The van der Waals surface area contributed by atoms with E-state index in [9.17, 15) is 8.78 Å². The molecule has 0 spiro atoms. The summed E-state index contributed by atoms with van der Waals surface area (Å²) in [5.41, 5.74) is 0.463. The number of nitrogens with zero attached hydrogens (tertiary/aromatic N) is 5. The van der Waals surface area contributed by atoms with Gasteiger partial charge < -0.3 is 10.2 Å². The Labute approximate surface area is 133 Å². The maximum Gasteiger partial charge on any atom is 0.193 e. The average molecular weight is 322 g/mol. The molecule has 2 aromatic rings. The van der Waals surface area contributed by atoms with Crippen molar-refractivity contribution in [2.75, 3.05) is 20.6 Å². The smallest absolute Gasteiger partial charge is 0.193 e. The molecule has 0 saturated carbocycles. The Morgan fingerprint density at radius 3 is 2.78 bits per heavy atom. The highest BCUT2D eigenvalue weighted by Gasteiger charge is 2.10. The number of aromatic nitrogens is 3. The minimum atomic E-state index is -0.571. The Bertz CT molecular complexity index is 682. The van der Waals surface area contributed by atoms with E-state index >= 15 is 0 Å². The first-order valence-electron chi connectivity index (χ1n) is 7.20. The second-order valence-electron chi connectivity index (χ2n) is 5.12. The van der Waals surface area contributed by atoms with Gasteiger partial charge in [0.05, 0.1) is 6.54 Å². The molecule has 0 aliphatic heterocycles. The molecule has 1 aromatic carbocycles. The lowest BCUT2D eigenvalue weighted by molar-refractivity contribution is 0.448. The summed E-state index contributed by atoms with van der Waals surface area (Å²) in [6, 6.07) is 3.61. The van der Waals surface area contributed by atoms with E-state index in [0.717, 1.165) is 11.9 Å². The van der Waals surface area contributed by atoms with Crippen LogP contribution >= 0.6 is 0 Å². The van der Waals surface area contributed by atoms with Gasteiger partial charge in [-0.3, -0.25) is 9.67 Å². The van der Waals surface area contributed by atoms with Crippen molar-refractivity contribution in [2.45, 2.75) is 13.0 Å². The van der Waals surface area contributed by atoms with Crippen molar-refractivity contribution in [3.63, 3.8) is 0 Å². The number of rotatable bonds is 5. The number of nitrogens with one attached hydrogen (secondary N) is 1. The van der Waals surface area contributed by atoms with Gasteiger partial charge >= 0.3 is 0 Å². The third-order valence-electron chi connectivity index (χ3n) is 3.45. The van der Waals surface area contributed by atoms with E-state index in [1.54, 1.807) is 11.7 Å². The molecular formula is C15H20F2N6. The standard InChI is InChI=1S/C15H20F2N6/c1-18-15(22(2)9-14-20-10-21-23(14)3)19-7-6-11-4-5-12(16)8-13(11)17/h4-5,8,10H,6-7,9H2,1-3H3,(H,18,19). The number of guanidine groups is 1. The van der Waals surface area contributed by atoms with E-state index in [-0.39, 0.29) is 0 Å². The molecule has 1 N–H and O–H groups in total. The van der Waals surface area contributed by atoms with Crippen LogP contribution in [0.1, 0.15) is 11.4 Å². The molecule has 0 saturated heterocycles. The Balaban J connectivity index is 1.88. The molecule has 1 heterocycles. The molecule has 0 bridgehead atoms. The van der Waals surface area contributed by atoms with E-state index in [2.05, 4.69) is 20.4 Å². The molecule has 0 atom stereocenters. The predicted molar refractivity (Wildman–Crippen MR) is 83.9 cm³/mol. The lowest BCUT2D eigenvalue weighted by Gasteiger charge is -2.21. The van der Waals surface area contributed by atoms with Crippen LogP contribution in [0, 0.1) is 11.6 Å². The molecule has 23 heavy (non-hydrogen) atoms. The van der Waals surface area contributed by atoms with Gasteiger partial charge in [-0.05, 0) is 18.1 Å². The van der Waals surface area contributed by atoms with Crippen LogP contribution in [0.3, 0.4) is 0 Å². The van der Waals surface area contributed by atoms with E-state index in [0.29, 0.717) is 31.0 Å².